The predicted octanol–water partition coefficient (Wildman–Crippen LogP) is 15.1. The Morgan fingerprint density at radius 3 is 1.37 bits per heavy atom. The number of nitrogens with zero attached hydrogens (tertiary/aromatic N) is 11. The monoisotopic (exact) mass is 2010 g/mol. The number of pyridine rings is 4. The molecule has 8 amide bonds. The van der Waals surface area contributed by atoms with Gasteiger partial charge in [0.25, 0.3) is 40.1 Å². The van der Waals surface area contributed by atoms with Crippen molar-refractivity contribution in [1.82, 2.24) is 73.1 Å². The van der Waals surface area contributed by atoms with Gasteiger partial charge in [-0.1, -0.05) is 48.5 Å². The van der Waals surface area contributed by atoms with Crippen LogP contribution in [0.2, 0.25) is 0 Å². The third kappa shape index (κ3) is 23.0. The summed E-state index contributed by atoms with van der Waals surface area (Å²) in [5, 5.41) is 19.5. The minimum Gasteiger partial charge on any atom is -0.493 e. The molecule has 3 saturated carbocycles. The summed E-state index contributed by atoms with van der Waals surface area (Å²) in [5.74, 6) is 2.82. The van der Waals surface area contributed by atoms with E-state index in [4.69, 9.17) is 23.7 Å². The number of hydrogen-bond donors (Lipinski definition) is 8. The van der Waals surface area contributed by atoms with Crippen LogP contribution in [-0.2, 0) is 104 Å². The van der Waals surface area contributed by atoms with E-state index in [2.05, 4.69) is 98.3 Å². The van der Waals surface area contributed by atoms with E-state index in [0.29, 0.717) is 83.1 Å². The molecule has 12 aromatic rings. The Bertz CT molecular complexity index is 7290. The lowest BCUT2D eigenvalue weighted by Crippen LogP contribution is -2.53. The number of ether oxygens (including phenoxy) is 5. The number of methoxy groups -OCH3 is 4. The molecule has 744 valence electrons. The summed E-state index contributed by atoms with van der Waals surface area (Å²) in [6.45, 7) is 6.90. The van der Waals surface area contributed by atoms with Crippen molar-refractivity contribution >= 4 is 87.0 Å². The van der Waals surface area contributed by atoms with E-state index in [1.165, 1.54) is 43.4 Å². The maximum absolute atomic E-state index is 13.2. The van der Waals surface area contributed by atoms with Crippen molar-refractivity contribution in [2.24, 2.45) is 0 Å². The minimum atomic E-state index is -4.16. The highest BCUT2D eigenvalue weighted by Crippen LogP contribution is 2.48. The number of anilines is 4. The highest BCUT2D eigenvalue weighted by Gasteiger charge is 2.43. The second-order valence-corrected chi connectivity index (χ2v) is 43.6. The summed E-state index contributed by atoms with van der Waals surface area (Å²) in [5.41, 5.74) is 19.9. The molecule has 4 fully saturated rings. The van der Waals surface area contributed by atoms with E-state index in [9.17, 15) is 52.8 Å². The van der Waals surface area contributed by atoms with Crippen molar-refractivity contribution in [2.75, 3.05) is 104 Å². The Balaban J connectivity index is 0.000000130. The van der Waals surface area contributed by atoms with Crippen LogP contribution >= 0.6 is 0 Å². The number of aromatic nitrogens is 8. The SMILES string of the molecule is COc1cc(-c2c(C)cc3c(c2NC(=O)NS(=O)(=O)c2ccn(C4CC4)n2)CCC3)ccn1.COc1cc(-c2ccc3c(c2NC(=O)NS(=O)(=O)c2ccc(CN(C)C)c(C4CC4)c2)CCC3)ccn1.COc1cc(-c2ccc3c(c2NC(=O)NS(=O)(=O)c2ccc(CN(C)C)cc2)CCO3)ccn1.COc1cc(-c2ccc3c(c2NC(=O)NS(=O)(=O)c2ccn(C4(CN5CCC5)CCC4)n2)CCC3)ccn1. The molecule has 2 aliphatic heterocycles. The number of carbonyl (C=O) groups is 4. The first-order valence-corrected chi connectivity index (χ1v) is 53.1. The van der Waals surface area contributed by atoms with Gasteiger partial charge in [-0.15, -0.1) is 0 Å². The molecule has 20 rings (SSSR count). The van der Waals surface area contributed by atoms with Gasteiger partial charge in [-0.2, -0.15) is 27.0 Å². The Morgan fingerprint density at radius 2 is 0.887 bits per heavy atom. The van der Waals surface area contributed by atoms with Gasteiger partial charge in [0.15, 0.2) is 10.1 Å². The first-order chi connectivity index (χ1) is 68.2. The van der Waals surface area contributed by atoms with Gasteiger partial charge in [0.05, 0.1) is 79.2 Å². The quantitative estimate of drug-likeness (QED) is 0.0216. The van der Waals surface area contributed by atoms with Crippen LogP contribution in [0.15, 0.2) is 203 Å². The largest absolute Gasteiger partial charge is 0.493 e. The lowest BCUT2D eigenvalue weighted by atomic mass is 9.76. The Hall–Kier alpha value is -13.9. The number of benzene rings is 6. The number of hydrogen-bond acceptors (Lipinski definition) is 26. The fraction of sp³-hybridized carbons (Fsp3) is 0.353. The highest BCUT2D eigenvalue weighted by molar-refractivity contribution is 7.91. The number of nitrogens with one attached hydrogen (secondary N) is 8. The standard InChI is InChI=1S/C28H32N4O4S.C27H32N6O4S.C24H26N4O5S.C23H25N5O4S/c1-32(2)17-21-9-11-22(16-25(21)19-7-8-19)37(34,35)31-28(33)30-27-23-6-4-5-18(23)10-12-24(27)20-13-14-29-26(15-20)36-3;1-37-23-17-20(9-13-28-23)22-8-7-19-5-2-6-21(19)25(22)29-26(34)31-38(35,36)24-10-16-33(30-24)27(11-3-12-27)18-32-14-4-15-32;1-28(2)15-16-4-6-18(7-5-16)34(30,31)27-24(29)26-23-19(8-9-21-20(23)11-13-33-21)17-10-12-25-22(14-17)32-3;1-14-12-15-4-3-5-18(15)22(21(14)16-8-10-24-19(13-16)32-2)25-23(29)27-33(30,31)20-9-11-28(26-20)17-6-7-17/h9-16,19H,4-8,17H2,1-3H3,(H2,30,31,33);7-10,13,16-17H,2-6,11-12,14-15,18H2,1H3,(H2,29,31,34);4-10,12,14H,11,13,15H2,1-3H3,(H2,26,27,29);8-13,17H,3-7H2,1-2H3,(H2,25,27,29). The molecule has 40 heteroatoms. The number of urea groups is 4. The summed E-state index contributed by atoms with van der Waals surface area (Å²) in [6, 6.07) is 39.7. The Kier molecular flexibility index (Phi) is 29.8. The van der Waals surface area contributed by atoms with E-state index in [1.54, 1.807) is 122 Å². The van der Waals surface area contributed by atoms with Gasteiger partial charge < -0.3 is 59.7 Å². The fourth-order valence-corrected chi connectivity index (χ4v) is 22.6. The molecule has 8 N–H and O–H groups in total. The van der Waals surface area contributed by atoms with Gasteiger partial charge in [-0.3, -0.25) is 9.36 Å². The van der Waals surface area contributed by atoms with Crippen molar-refractivity contribution in [1.29, 1.82) is 0 Å². The molecule has 8 aliphatic rings. The first kappa shape index (κ1) is 99.7. The van der Waals surface area contributed by atoms with Gasteiger partial charge in [-0.25, -0.2) is 74.8 Å². The smallest absolute Gasteiger partial charge is 0.333 e. The van der Waals surface area contributed by atoms with Crippen molar-refractivity contribution in [3.8, 4) is 73.8 Å². The second-order valence-electron chi connectivity index (χ2n) is 37.0. The van der Waals surface area contributed by atoms with Gasteiger partial charge >= 0.3 is 24.1 Å². The minimum absolute atomic E-state index is 0.00544. The summed E-state index contributed by atoms with van der Waals surface area (Å²) < 4.78 is 143. The molecule has 1 saturated heterocycles. The number of fused-ring (bicyclic) bond motifs is 4. The van der Waals surface area contributed by atoms with E-state index >= 15 is 0 Å². The van der Waals surface area contributed by atoms with Crippen LogP contribution in [0.4, 0.5) is 41.9 Å². The van der Waals surface area contributed by atoms with Gasteiger partial charge in [-0.05, 0) is 314 Å². The van der Waals surface area contributed by atoms with Crippen LogP contribution in [0.25, 0.3) is 44.5 Å². The van der Waals surface area contributed by atoms with Crippen molar-refractivity contribution in [2.45, 2.75) is 173 Å². The Morgan fingerprint density at radius 1 is 0.437 bits per heavy atom. The van der Waals surface area contributed by atoms with E-state index in [0.717, 1.165) is 223 Å². The zero-order valence-electron chi connectivity index (χ0n) is 80.4. The molecule has 36 nitrogen and oxygen atoms in total. The van der Waals surface area contributed by atoms with E-state index in [-0.39, 0.29) is 31.4 Å². The second kappa shape index (κ2) is 42.5. The average molecular weight is 2010 g/mol. The molecule has 0 bridgehead atoms. The van der Waals surface area contributed by atoms with Crippen LogP contribution in [0, 0.1) is 6.92 Å². The lowest BCUT2D eigenvalue weighted by Gasteiger charge is -2.47. The Labute approximate surface area is 826 Å². The fourth-order valence-electron chi connectivity index (χ4n) is 19.0. The molecular weight excluding hydrogens is 1890 g/mol. The summed E-state index contributed by atoms with van der Waals surface area (Å²) in [6.07, 6.45) is 26.9. The van der Waals surface area contributed by atoms with Crippen LogP contribution in [-0.4, -0.2) is 195 Å². The van der Waals surface area contributed by atoms with Crippen LogP contribution < -0.4 is 63.8 Å². The predicted molar refractivity (Wildman–Crippen MR) is 538 cm³/mol. The lowest BCUT2D eigenvalue weighted by molar-refractivity contribution is 0.0357. The molecule has 6 aliphatic carbocycles. The molecule has 0 radical (unpaired) electrons. The topological polar surface area (TPSA) is 444 Å². The van der Waals surface area contributed by atoms with E-state index < -0.39 is 64.2 Å². The average Bonchev–Trinajstić information content (AvgIpc) is 1.59. The summed E-state index contributed by atoms with van der Waals surface area (Å²) in [4.78, 5) is 75.1. The zero-order chi connectivity index (χ0) is 99.9. The molecule has 0 atom stereocenters. The molecule has 8 heterocycles. The maximum Gasteiger partial charge on any atom is 0.333 e. The first-order valence-electron chi connectivity index (χ1n) is 47.2. The van der Waals surface area contributed by atoms with Crippen LogP contribution in [0.1, 0.15) is 144 Å². The highest BCUT2D eigenvalue weighted by atomic mass is 32.2. The summed E-state index contributed by atoms with van der Waals surface area (Å²) >= 11 is 0. The molecule has 0 unspecified atom stereocenters. The third-order valence-corrected chi connectivity index (χ3v) is 31.5. The number of aryl methyl sites for hydroxylation is 4. The van der Waals surface area contributed by atoms with Gasteiger partial charge in [0.2, 0.25) is 23.5 Å². The van der Waals surface area contributed by atoms with Crippen LogP contribution in [0.5, 0.6) is 29.3 Å². The van der Waals surface area contributed by atoms with Crippen molar-refractivity contribution in [3.63, 3.8) is 0 Å². The van der Waals surface area contributed by atoms with Crippen molar-refractivity contribution in [3.05, 3.63) is 244 Å². The maximum atomic E-state index is 13.2. The molecule has 0 spiro atoms. The number of sulfonamides is 4. The normalized spacial score (nSPS) is 15.3. The number of amides is 8. The van der Waals surface area contributed by atoms with Crippen molar-refractivity contribution < 1.29 is 76.5 Å². The van der Waals surface area contributed by atoms with Gasteiger partial charge in [0, 0.05) is 115 Å². The number of carbonyl (C=O) groups excluding carboxylic acids is 4. The van der Waals surface area contributed by atoms with Gasteiger partial charge in [0.1, 0.15) is 5.75 Å². The van der Waals surface area contributed by atoms with E-state index in [1.807, 2.05) is 88.5 Å². The van der Waals surface area contributed by atoms with Crippen LogP contribution in [0.3, 0.4) is 0 Å². The molecule has 6 aromatic heterocycles. The number of rotatable bonds is 29. The molecular formula is C102H115N19O17S4. The zero-order valence-corrected chi connectivity index (χ0v) is 83.7. The molecule has 142 heavy (non-hydrogen) atoms. The summed E-state index contributed by atoms with van der Waals surface area (Å²) in [7, 11) is -2.39. The number of likely N-dealkylation sites (tertiary alicyclic amines) is 1. The molecule has 6 aromatic carbocycles. The third-order valence-electron chi connectivity index (χ3n) is 26.4.